The molecule has 17 heavy (non-hydrogen) atoms. The standard InChI is InChI=1S/C10H19NO3.CH2O2/c1-9(12)11-8-6-4-3-5-7-10(13)14-2;2-1-3/h3-8H2,1-2H3,(H,11,12);1H,(H,2,3). The molecule has 6 nitrogen and oxygen atoms in total. The van der Waals surface area contributed by atoms with Crippen LogP contribution in [0.15, 0.2) is 0 Å². The lowest BCUT2D eigenvalue weighted by molar-refractivity contribution is -0.140. The summed E-state index contributed by atoms with van der Waals surface area (Å²) in [6, 6.07) is 0. The second-order valence-electron chi connectivity index (χ2n) is 3.33. The van der Waals surface area contributed by atoms with Crippen molar-refractivity contribution < 1.29 is 24.2 Å². The zero-order chi connectivity index (χ0) is 13.5. The van der Waals surface area contributed by atoms with Gasteiger partial charge in [0.25, 0.3) is 6.47 Å². The van der Waals surface area contributed by atoms with Gasteiger partial charge in [-0.1, -0.05) is 12.8 Å². The maximum Gasteiger partial charge on any atom is 0.305 e. The van der Waals surface area contributed by atoms with Gasteiger partial charge in [0.2, 0.25) is 5.91 Å². The van der Waals surface area contributed by atoms with Gasteiger partial charge in [0, 0.05) is 19.9 Å². The Balaban J connectivity index is 0. The van der Waals surface area contributed by atoms with Crippen LogP contribution in [0, 0.1) is 0 Å². The number of methoxy groups -OCH3 is 1. The molecule has 6 heteroatoms. The highest BCUT2D eigenvalue weighted by atomic mass is 16.5. The highest BCUT2D eigenvalue weighted by Crippen LogP contribution is 2.02. The average Bonchev–Trinajstić information content (AvgIpc) is 2.28. The van der Waals surface area contributed by atoms with E-state index in [0.29, 0.717) is 6.42 Å². The van der Waals surface area contributed by atoms with Crippen molar-refractivity contribution in [2.45, 2.75) is 39.0 Å². The molecule has 0 aliphatic heterocycles. The molecule has 0 fully saturated rings. The summed E-state index contributed by atoms with van der Waals surface area (Å²) in [5.74, 6) is -0.133. The van der Waals surface area contributed by atoms with E-state index in [1.54, 1.807) is 0 Å². The van der Waals surface area contributed by atoms with Crippen molar-refractivity contribution in [1.29, 1.82) is 0 Å². The molecule has 0 radical (unpaired) electrons. The maximum absolute atomic E-state index is 10.7. The van der Waals surface area contributed by atoms with Crippen LogP contribution in [-0.4, -0.2) is 37.1 Å². The fourth-order valence-electron chi connectivity index (χ4n) is 1.11. The van der Waals surface area contributed by atoms with Gasteiger partial charge in [-0.2, -0.15) is 0 Å². The number of nitrogens with one attached hydrogen (secondary N) is 1. The van der Waals surface area contributed by atoms with E-state index in [1.807, 2.05) is 0 Å². The van der Waals surface area contributed by atoms with Crippen molar-refractivity contribution in [3.05, 3.63) is 0 Å². The van der Waals surface area contributed by atoms with Crippen molar-refractivity contribution in [3.8, 4) is 0 Å². The molecule has 0 bridgehead atoms. The molecule has 0 saturated heterocycles. The van der Waals surface area contributed by atoms with Crippen molar-refractivity contribution >= 4 is 18.3 Å². The van der Waals surface area contributed by atoms with Crippen LogP contribution in [-0.2, 0) is 19.1 Å². The fraction of sp³-hybridized carbons (Fsp3) is 0.727. The molecule has 0 aromatic carbocycles. The van der Waals surface area contributed by atoms with E-state index in [1.165, 1.54) is 14.0 Å². The van der Waals surface area contributed by atoms with Gasteiger partial charge in [0.15, 0.2) is 0 Å². The first-order valence-corrected chi connectivity index (χ1v) is 5.47. The molecule has 0 unspecified atom stereocenters. The largest absolute Gasteiger partial charge is 0.483 e. The van der Waals surface area contributed by atoms with Crippen LogP contribution < -0.4 is 5.32 Å². The van der Waals surface area contributed by atoms with Crippen LogP contribution in [0.2, 0.25) is 0 Å². The molecule has 0 saturated carbocycles. The number of unbranched alkanes of at least 4 members (excludes halogenated alkanes) is 3. The third kappa shape index (κ3) is 20.5. The van der Waals surface area contributed by atoms with Gasteiger partial charge < -0.3 is 15.2 Å². The first-order chi connectivity index (χ1) is 8.08. The van der Waals surface area contributed by atoms with Crippen molar-refractivity contribution in [3.63, 3.8) is 0 Å². The number of esters is 1. The molecule has 100 valence electrons. The number of hydrogen-bond acceptors (Lipinski definition) is 4. The molecule has 1 amide bonds. The Bertz CT molecular complexity index is 218. The Hall–Kier alpha value is -1.59. The van der Waals surface area contributed by atoms with Gasteiger partial charge in [-0.25, -0.2) is 0 Å². The number of ether oxygens (including phenoxy) is 1. The predicted molar refractivity (Wildman–Crippen MR) is 62.5 cm³/mol. The maximum atomic E-state index is 10.7. The Kier molecular flexibility index (Phi) is 15.1. The molecular weight excluding hydrogens is 226 g/mol. The minimum absolute atomic E-state index is 0.0135. The van der Waals surface area contributed by atoms with Crippen LogP contribution in [0.5, 0.6) is 0 Å². The molecule has 0 aromatic rings. The van der Waals surface area contributed by atoms with E-state index in [9.17, 15) is 9.59 Å². The SMILES string of the molecule is COC(=O)CCCCCCNC(C)=O.O=CO. The summed E-state index contributed by atoms with van der Waals surface area (Å²) >= 11 is 0. The van der Waals surface area contributed by atoms with Crippen LogP contribution in [0.4, 0.5) is 0 Å². The quantitative estimate of drug-likeness (QED) is 0.397. The molecule has 0 aromatic heterocycles. The minimum Gasteiger partial charge on any atom is -0.483 e. The van der Waals surface area contributed by atoms with Gasteiger partial charge in [-0.15, -0.1) is 0 Å². The fourth-order valence-corrected chi connectivity index (χ4v) is 1.11. The summed E-state index contributed by atoms with van der Waals surface area (Å²) in [4.78, 5) is 29.6. The van der Waals surface area contributed by atoms with Gasteiger partial charge in [0.1, 0.15) is 0 Å². The lowest BCUT2D eigenvalue weighted by Crippen LogP contribution is -2.20. The Morgan fingerprint density at radius 2 is 1.76 bits per heavy atom. The molecule has 0 heterocycles. The summed E-state index contributed by atoms with van der Waals surface area (Å²) in [5, 5.41) is 9.61. The highest BCUT2D eigenvalue weighted by Gasteiger charge is 1.98. The number of carbonyl (C=O) groups excluding carboxylic acids is 2. The second kappa shape index (κ2) is 14.4. The van der Waals surface area contributed by atoms with Gasteiger partial charge in [-0.05, 0) is 12.8 Å². The number of amides is 1. The van der Waals surface area contributed by atoms with Crippen molar-refractivity contribution in [1.82, 2.24) is 5.32 Å². The molecule has 0 spiro atoms. The number of carboxylic acid groups (broad SMARTS) is 1. The molecule has 2 N–H and O–H groups in total. The van der Waals surface area contributed by atoms with E-state index in [-0.39, 0.29) is 18.3 Å². The number of hydrogen-bond donors (Lipinski definition) is 2. The van der Waals surface area contributed by atoms with Crippen LogP contribution in [0.3, 0.4) is 0 Å². The number of rotatable bonds is 7. The monoisotopic (exact) mass is 247 g/mol. The van der Waals surface area contributed by atoms with Crippen molar-refractivity contribution in [2.24, 2.45) is 0 Å². The first kappa shape index (κ1) is 17.8. The molecule has 0 aliphatic rings. The van der Waals surface area contributed by atoms with Gasteiger partial charge >= 0.3 is 5.97 Å². The van der Waals surface area contributed by atoms with Gasteiger partial charge in [-0.3, -0.25) is 14.4 Å². The van der Waals surface area contributed by atoms with E-state index in [2.05, 4.69) is 10.1 Å². The Labute approximate surface area is 101 Å². The van der Waals surface area contributed by atoms with E-state index >= 15 is 0 Å². The summed E-state index contributed by atoms with van der Waals surface area (Å²) < 4.78 is 4.51. The highest BCUT2D eigenvalue weighted by molar-refractivity contribution is 5.72. The summed E-state index contributed by atoms with van der Waals surface area (Å²) in [5.41, 5.74) is 0. The van der Waals surface area contributed by atoms with Crippen LogP contribution >= 0.6 is 0 Å². The predicted octanol–water partition coefficient (Wildman–Crippen LogP) is 0.947. The second-order valence-corrected chi connectivity index (χ2v) is 3.33. The smallest absolute Gasteiger partial charge is 0.305 e. The van der Waals surface area contributed by atoms with E-state index < -0.39 is 0 Å². The summed E-state index contributed by atoms with van der Waals surface area (Å²) in [6.45, 7) is 1.99. The molecule has 0 rings (SSSR count). The van der Waals surface area contributed by atoms with Crippen molar-refractivity contribution in [2.75, 3.05) is 13.7 Å². The van der Waals surface area contributed by atoms with E-state index in [0.717, 1.165) is 32.2 Å². The molecular formula is C11H21NO5. The normalized spacial score (nSPS) is 8.59. The van der Waals surface area contributed by atoms with E-state index in [4.69, 9.17) is 9.90 Å². The average molecular weight is 247 g/mol. The summed E-state index contributed by atoms with van der Waals surface area (Å²) in [7, 11) is 1.40. The third-order valence-electron chi connectivity index (χ3n) is 1.91. The molecule has 0 atom stereocenters. The van der Waals surface area contributed by atoms with Gasteiger partial charge in [0.05, 0.1) is 7.11 Å². The number of carbonyl (C=O) groups is 3. The van der Waals surface area contributed by atoms with Crippen LogP contribution in [0.25, 0.3) is 0 Å². The Morgan fingerprint density at radius 3 is 2.24 bits per heavy atom. The lowest BCUT2D eigenvalue weighted by atomic mass is 10.1. The minimum atomic E-state index is -0.250. The zero-order valence-corrected chi connectivity index (χ0v) is 10.4. The lowest BCUT2D eigenvalue weighted by Gasteiger charge is -2.01. The topological polar surface area (TPSA) is 92.7 Å². The first-order valence-electron chi connectivity index (χ1n) is 5.47. The summed E-state index contributed by atoms with van der Waals surface area (Å²) in [6.07, 6.45) is 4.39. The molecule has 0 aliphatic carbocycles. The van der Waals surface area contributed by atoms with Crippen LogP contribution in [0.1, 0.15) is 39.0 Å². The Morgan fingerprint density at radius 1 is 1.24 bits per heavy atom. The third-order valence-corrected chi connectivity index (χ3v) is 1.91. The zero-order valence-electron chi connectivity index (χ0n) is 10.4.